The lowest BCUT2D eigenvalue weighted by molar-refractivity contribution is -0.137. The number of nitrogens with zero attached hydrogens (tertiary/aromatic N) is 2. The standard InChI is InChI=1S/C14H22N2O4/c1-11(2)9-16(10-13(17)18)14(19)12-5-4-6-15(12)7-8-20-3/h4-6,11H,7-10H2,1-3H3,(H,17,18). The van der Waals surface area contributed by atoms with Gasteiger partial charge in [-0.15, -0.1) is 0 Å². The van der Waals surface area contributed by atoms with Crippen LogP contribution in [0.25, 0.3) is 0 Å². The topological polar surface area (TPSA) is 71.8 Å². The summed E-state index contributed by atoms with van der Waals surface area (Å²) in [6.07, 6.45) is 1.79. The lowest BCUT2D eigenvalue weighted by Crippen LogP contribution is -2.39. The van der Waals surface area contributed by atoms with E-state index in [1.165, 1.54) is 4.90 Å². The normalized spacial score (nSPS) is 10.8. The second-order valence-electron chi connectivity index (χ2n) is 5.05. The molecule has 1 N–H and O–H groups in total. The summed E-state index contributed by atoms with van der Waals surface area (Å²) >= 11 is 0. The Morgan fingerprint density at radius 3 is 2.70 bits per heavy atom. The highest BCUT2D eigenvalue weighted by molar-refractivity contribution is 5.94. The molecule has 0 aliphatic heterocycles. The minimum Gasteiger partial charge on any atom is -0.480 e. The van der Waals surface area contributed by atoms with E-state index >= 15 is 0 Å². The van der Waals surface area contributed by atoms with Crippen molar-refractivity contribution in [2.45, 2.75) is 20.4 Å². The molecule has 0 saturated heterocycles. The predicted molar refractivity (Wildman–Crippen MR) is 74.7 cm³/mol. The monoisotopic (exact) mass is 282 g/mol. The number of carboxylic acid groups (broad SMARTS) is 1. The Kier molecular flexibility index (Phi) is 6.24. The van der Waals surface area contributed by atoms with Gasteiger partial charge in [-0.1, -0.05) is 13.8 Å². The van der Waals surface area contributed by atoms with Gasteiger partial charge in [0, 0.05) is 26.4 Å². The molecule has 0 spiro atoms. The number of hydrogen-bond acceptors (Lipinski definition) is 3. The van der Waals surface area contributed by atoms with Gasteiger partial charge in [0.25, 0.3) is 5.91 Å². The molecule has 0 aliphatic carbocycles. The van der Waals surface area contributed by atoms with E-state index in [4.69, 9.17) is 9.84 Å². The van der Waals surface area contributed by atoms with E-state index in [1.807, 2.05) is 13.8 Å². The van der Waals surface area contributed by atoms with Crippen LogP contribution in [0.15, 0.2) is 18.3 Å². The Labute approximate surface area is 118 Å². The Balaban J connectivity index is 2.87. The molecule has 0 fully saturated rings. The van der Waals surface area contributed by atoms with Crippen molar-refractivity contribution in [2.75, 3.05) is 26.8 Å². The van der Waals surface area contributed by atoms with Crippen LogP contribution in [0.3, 0.4) is 0 Å². The molecule has 20 heavy (non-hydrogen) atoms. The Hall–Kier alpha value is -1.82. The molecule has 6 heteroatoms. The fourth-order valence-electron chi connectivity index (χ4n) is 1.98. The highest BCUT2D eigenvalue weighted by atomic mass is 16.5. The second kappa shape index (κ2) is 7.69. The van der Waals surface area contributed by atoms with Gasteiger partial charge in [-0.3, -0.25) is 9.59 Å². The average molecular weight is 282 g/mol. The van der Waals surface area contributed by atoms with Crippen molar-refractivity contribution in [2.24, 2.45) is 5.92 Å². The van der Waals surface area contributed by atoms with Crippen molar-refractivity contribution in [3.63, 3.8) is 0 Å². The van der Waals surface area contributed by atoms with Crippen molar-refractivity contribution >= 4 is 11.9 Å². The molecule has 0 saturated carbocycles. The van der Waals surface area contributed by atoms with Gasteiger partial charge < -0.3 is 19.3 Å². The third-order valence-corrected chi connectivity index (χ3v) is 2.78. The highest BCUT2D eigenvalue weighted by Crippen LogP contribution is 2.09. The van der Waals surface area contributed by atoms with Crippen LogP contribution in [0, 0.1) is 5.92 Å². The third-order valence-electron chi connectivity index (χ3n) is 2.78. The summed E-state index contributed by atoms with van der Waals surface area (Å²) in [6.45, 7) is 5.09. The van der Waals surface area contributed by atoms with E-state index in [9.17, 15) is 9.59 Å². The van der Waals surface area contributed by atoms with E-state index in [-0.39, 0.29) is 18.4 Å². The summed E-state index contributed by atoms with van der Waals surface area (Å²) in [4.78, 5) is 24.7. The van der Waals surface area contributed by atoms with E-state index in [2.05, 4.69) is 0 Å². The summed E-state index contributed by atoms with van der Waals surface area (Å²) in [5.41, 5.74) is 0.490. The lowest BCUT2D eigenvalue weighted by atomic mass is 10.2. The SMILES string of the molecule is COCCn1cccc1C(=O)N(CC(=O)O)CC(C)C. The number of methoxy groups -OCH3 is 1. The molecule has 0 unspecified atom stereocenters. The molecule has 0 aromatic carbocycles. The maximum absolute atomic E-state index is 12.5. The van der Waals surface area contributed by atoms with Gasteiger partial charge >= 0.3 is 5.97 Å². The fourth-order valence-corrected chi connectivity index (χ4v) is 1.98. The number of carboxylic acids is 1. The van der Waals surface area contributed by atoms with Gasteiger partial charge in [0.2, 0.25) is 0 Å². The van der Waals surface area contributed by atoms with Crippen molar-refractivity contribution in [3.8, 4) is 0 Å². The Bertz CT molecular complexity index is 454. The molecule has 1 rings (SSSR count). The summed E-state index contributed by atoms with van der Waals surface area (Å²) in [5, 5.41) is 8.93. The summed E-state index contributed by atoms with van der Waals surface area (Å²) in [6, 6.07) is 3.48. The molecular formula is C14H22N2O4. The Morgan fingerprint density at radius 1 is 1.45 bits per heavy atom. The second-order valence-corrected chi connectivity index (χ2v) is 5.05. The van der Waals surface area contributed by atoms with Gasteiger partial charge in [0.15, 0.2) is 0 Å². The molecule has 0 bridgehead atoms. The van der Waals surface area contributed by atoms with Crippen molar-refractivity contribution in [1.29, 1.82) is 0 Å². The van der Waals surface area contributed by atoms with Crippen LogP contribution in [0.1, 0.15) is 24.3 Å². The van der Waals surface area contributed by atoms with Gasteiger partial charge in [-0.2, -0.15) is 0 Å². The zero-order valence-corrected chi connectivity index (χ0v) is 12.2. The van der Waals surface area contributed by atoms with E-state index < -0.39 is 5.97 Å². The summed E-state index contributed by atoms with van der Waals surface area (Å²) < 4.78 is 6.78. The lowest BCUT2D eigenvalue weighted by Gasteiger charge is -2.23. The molecule has 0 atom stereocenters. The number of aliphatic carboxylic acids is 1. The molecule has 0 radical (unpaired) electrons. The van der Waals surface area contributed by atoms with Crippen LogP contribution < -0.4 is 0 Å². The molecule has 1 aromatic heterocycles. The number of ether oxygens (including phenoxy) is 1. The van der Waals surface area contributed by atoms with Crippen LogP contribution in [0.4, 0.5) is 0 Å². The summed E-state index contributed by atoms with van der Waals surface area (Å²) in [7, 11) is 1.60. The van der Waals surface area contributed by atoms with Crippen molar-refractivity contribution in [3.05, 3.63) is 24.0 Å². The van der Waals surface area contributed by atoms with Gasteiger partial charge in [-0.25, -0.2) is 0 Å². The zero-order valence-electron chi connectivity index (χ0n) is 12.2. The molecule has 6 nitrogen and oxygen atoms in total. The predicted octanol–water partition coefficient (Wildman–Crippen LogP) is 1.32. The molecular weight excluding hydrogens is 260 g/mol. The summed E-state index contributed by atoms with van der Waals surface area (Å²) in [5.74, 6) is -1.06. The van der Waals surface area contributed by atoms with Crippen molar-refractivity contribution < 1.29 is 19.4 Å². The number of hydrogen-bond donors (Lipinski definition) is 1. The van der Waals surface area contributed by atoms with Crippen LogP contribution in [0.2, 0.25) is 0 Å². The van der Waals surface area contributed by atoms with Crippen LogP contribution in [-0.4, -0.2) is 53.3 Å². The number of amides is 1. The van der Waals surface area contributed by atoms with Crippen molar-refractivity contribution in [1.82, 2.24) is 9.47 Å². The fraction of sp³-hybridized carbons (Fsp3) is 0.571. The quantitative estimate of drug-likeness (QED) is 0.780. The van der Waals surface area contributed by atoms with E-state index in [0.29, 0.717) is 25.4 Å². The first-order valence-corrected chi connectivity index (χ1v) is 6.60. The number of aromatic nitrogens is 1. The maximum Gasteiger partial charge on any atom is 0.323 e. The number of carbonyl (C=O) groups excluding carboxylic acids is 1. The first-order valence-electron chi connectivity index (χ1n) is 6.60. The van der Waals surface area contributed by atoms with Gasteiger partial charge in [0.1, 0.15) is 12.2 Å². The average Bonchev–Trinajstić information content (AvgIpc) is 2.81. The van der Waals surface area contributed by atoms with Crippen LogP contribution >= 0.6 is 0 Å². The van der Waals surface area contributed by atoms with E-state index in [1.54, 1.807) is 30.0 Å². The molecule has 1 aromatic rings. The van der Waals surface area contributed by atoms with Crippen LogP contribution in [0.5, 0.6) is 0 Å². The largest absolute Gasteiger partial charge is 0.480 e. The third kappa shape index (κ3) is 4.70. The molecule has 112 valence electrons. The number of carbonyl (C=O) groups is 2. The molecule has 1 amide bonds. The first kappa shape index (κ1) is 16.2. The van der Waals surface area contributed by atoms with Gasteiger partial charge in [0.05, 0.1) is 6.61 Å². The minimum absolute atomic E-state index is 0.209. The number of rotatable bonds is 8. The van der Waals surface area contributed by atoms with E-state index in [0.717, 1.165) is 0 Å². The molecule has 0 aliphatic rings. The van der Waals surface area contributed by atoms with Gasteiger partial charge in [-0.05, 0) is 18.1 Å². The highest BCUT2D eigenvalue weighted by Gasteiger charge is 2.21. The minimum atomic E-state index is -1.01. The Morgan fingerprint density at radius 2 is 2.15 bits per heavy atom. The zero-order chi connectivity index (χ0) is 15.1. The smallest absolute Gasteiger partial charge is 0.323 e. The molecule has 1 heterocycles. The van der Waals surface area contributed by atoms with Crippen LogP contribution in [-0.2, 0) is 16.1 Å². The maximum atomic E-state index is 12.5. The first-order chi connectivity index (χ1) is 9.45.